The highest BCUT2D eigenvalue weighted by Crippen LogP contribution is 2.21. The second-order valence-electron chi connectivity index (χ2n) is 7.75. The summed E-state index contributed by atoms with van der Waals surface area (Å²) in [5, 5.41) is 10.5. The summed E-state index contributed by atoms with van der Waals surface area (Å²) in [5.74, 6) is 0.825. The molecule has 1 aliphatic rings. The number of nitrogens with zero attached hydrogens (tertiary/aromatic N) is 5. The SMILES string of the molecule is CCCCn1c(=O)c2sccc2n2c(CCC(=O)N3CCC(C(N)=O)CC3)nnc12. The fraction of sp³-hybridized carbons (Fsp3) is 0.550. The predicted octanol–water partition coefficient (Wildman–Crippen LogP) is 1.56. The highest BCUT2D eigenvalue weighted by Gasteiger charge is 2.26. The van der Waals surface area contributed by atoms with Crippen molar-refractivity contribution in [3.05, 3.63) is 27.6 Å². The van der Waals surface area contributed by atoms with Crippen LogP contribution in [-0.4, -0.2) is 49.0 Å². The van der Waals surface area contributed by atoms with E-state index in [1.807, 2.05) is 15.8 Å². The van der Waals surface area contributed by atoms with Crippen LogP contribution in [0.2, 0.25) is 0 Å². The number of rotatable bonds is 7. The summed E-state index contributed by atoms with van der Waals surface area (Å²) in [7, 11) is 0. The molecule has 30 heavy (non-hydrogen) atoms. The van der Waals surface area contributed by atoms with E-state index < -0.39 is 0 Å². The average molecular weight is 431 g/mol. The van der Waals surface area contributed by atoms with E-state index >= 15 is 0 Å². The number of aryl methyl sites for hydroxylation is 2. The van der Waals surface area contributed by atoms with E-state index in [2.05, 4.69) is 17.1 Å². The molecule has 3 aromatic heterocycles. The minimum atomic E-state index is -0.286. The third-order valence-corrected chi connectivity index (χ3v) is 6.72. The lowest BCUT2D eigenvalue weighted by atomic mass is 9.96. The number of carbonyl (C=O) groups is 2. The number of primary amides is 1. The van der Waals surface area contributed by atoms with Crippen molar-refractivity contribution in [2.24, 2.45) is 11.7 Å². The number of fused-ring (bicyclic) bond motifs is 3. The summed E-state index contributed by atoms with van der Waals surface area (Å²) in [6.45, 7) is 3.79. The highest BCUT2D eigenvalue weighted by molar-refractivity contribution is 7.17. The topological polar surface area (TPSA) is 116 Å². The zero-order valence-corrected chi connectivity index (χ0v) is 17.9. The Morgan fingerprint density at radius 3 is 2.73 bits per heavy atom. The first-order chi connectivity index (χ1) is 14.5. The lowest BCUT2D eigenvalue weighted by molar-refractivity contribution is -0.134. The molecule has 3 aromatic rings. The van der Waals surface area contributed by atoms with Crippen LogP contribution in [0.3, 0.4) is 0 Å². The van der Waals surface area contributed by atoms with Crippen LogP contribution in [-0.2, 0) is 22.6 Å². The fourth-order valence-corrected chi connectivity index (χ4v) is 4.87. The Morgan fingerprint density at radius 1 is 1.27 bits per heavy atom. The van der Waals surface area contributed by atoms with Crippen molar-refractivity contribution in [2.75, 3.05) is 13.1 Å². The maximum absolute atomic E-state index is 12.9. The average Bonchev–Trinajstić information content (AvgIpc) is 3.39. The molecule has 1 aliphatic heterocycles. The van der Waals surface area contributed by atoms with E-state index in [4.69, 9.17) is 5.73 Å². The minimum absolute atomic E-state index is 0.0340. The number of nitrogens with two attached hydrogens (primary N) is 1. The molecule has 0 saturated carbocycles. The number of thiophene rings is 1. The molecular formula is C20H26N6O3S. The number of unbranched alkanes of at least 4 members (excludes halogenated alkanes) is 1. The Bertz CT molecular complexity index is 1140. The molecule has 160 valence electrons. The number of hydrogen-bond acceptors (Lipinski definition) is 6. The molecule has 0 aliphatic carbocycles. The van der Waals surface area contributed by atoms with Gasteiger partial charge in [0.1, 0.15) is 10.5 Å². The van der Waals surface area contributed by atoms with E-state index in [1.54, 1.807) is 9.47 Å². The number of carbonyl (C=O) groups excluding carboxylic acids is 2. The summed E-state index contributed by atoms with van der Waals surface area (Å²) in [6, 6.07) is 1.90. The van der Waals surface area contributed by atoms with Crippen LogP contribution in [0.15, 0.2) is 16.2 Å². The van der Waals surface area contributed by atoms with Crippen LogP contribution < -0.4 is 11.3 Å². The number of amides is 2. The molecule has 2 amide bonds. The molecule has 0 radical (unpaired) electrons. The minimum Gasteiger partial charge on any atom is -0.369 e. The lowest BCUT2D eigenvalue weighted by Gasteiger charge is -2.30. The van der Waals surface area contributed by atoms with Gasteiger partial charge in [-0.15, -0.1) is 21.5 Å². The molecule has 0 bridgehead atoms. The summed E-state index contributed by atoms with van der Waals surface area (Å²) >= 11 is 1.42. The molecule has 4 heterocycles. The number of piperidine rings is 1. The molecule has 4 rings (SSSR count). The molecule has 1 saturated heterocycles. The van der Waals surface area contributed by atoms with Gasteiger partial charge in [0.15, 0.2) is 0 Å². The lowest BCUT2D eigenvalue weighted by Crippen LogP contribution is -2.41. The van der Waals surface area contributed by atoms with E-state index in [0.717, 1.165) is 18.4 Å². The molecule has 9 nitrogen and oxygen atoms in total. The first kappa shape index (κ1) is 20.5. The Kier molecular flexibility index (Phi) is 5.85. The molecule has 1 fully saturated rings. The van der Waals surface area contributed by atoms with Gasteiger partial charge in [-0.1, -0.05) is 13.3 Å². The van der Waals surface area contributed by atoms with Gasteiger partial charge in [-0.2, -0.15) is 0 Å². The van der Waals surface area contributed by atoms with Gasteiger partial charge in [-0.3, -0.25) is 23.4 Å². The molecule has 0 unspecified atom stereocenters. The molecule has 10 heteroatoms. The predicted molar refractivity (Wildman–Crippen MR) is 114 cm³/mol. The van der Waals surface area contributed by atoms with E-state index in [0.29, 0.717) is 61.6 Å². The third kappa shape index (κ3) is 3.71. The Morgan fingerprint density at radius 2 is 2.03 bits per heavy atom. The quantitative estimate of drug-likeness (QED) is 0.611. The first-order valence-corrected chi connectivity index (χ1v) is 11.3. The van der Waals surface area contributed by atoms with Gasteiger partial charge < -0.3 is 10.6 Å². The number of likely N-dealkylation sites (tertiary alicyclic amines) is 1. The molecule has 0 spiro atoms. The largest absolute Gasteiger partial charge is 0.369 e. The Hall–Kier alpha value is -2.75. The van der Waals surface area contributed by atoms with Crippen molar-refractivity contribution < 1.29 is 9.59 Å². The molecule has 0 aromatic carbocycles. The van der Waals surface area contributed by atoms with Crippen molar-refractivity contribution in [3.63, 3.8) is 0 Å². The zero-order chi connectivity index (χ0) is 21.3. The normalized spacial score (nSPS) is 15.3. The van der Waals surface area contributed by atoms with Gasteiger partial charge in [0, 0.05) is 38.4 Å². The van der Waals surface area contributed by atoms with E-state index in [1.165, 1.54) is 11.3 Å². The van der Waals surface area contributed by atoms with Crippen molar-refractivity contribution in [1.29, 1.82) is 0 Å². The monoisotopic (exact) mass is 430 g/mol. The smallest absolute Gasteiger partial charge is 0.272 e. The van der Waals surface area contributed by atoms with Crippen molar-refractivity contribution >= 4 is 39.1 Å². The van der Waals surface area contributed by atoms with Crippen molar-refractivity contribution in [1.82, 2.24) is 24.1 Å². The van der Waals surface area contributed by atoms with Gasteiger partial charge in [-0.25, -0.2) is 0 Å². The van der Waals surface area contributed by atoms with Gasteiger partial charge in [0.25, 0.3) is 5.56 Å². The van der Waals surface area contributed by atoms with E-state index in [9.17, 15) is 14.4 Å². The number of hydrogen-bond donors (Lipinski definition) is 1. The zero-order valence-electron chi connectivity index (χ0n) is 17.0. The van der Waals surface area contributed by atoms with E-state index in [-0.39, 0.29) is 23.3 Å². The first-order valence-electron chi connectivity index (χ1n) is 10.4. The van der Waals surface area contributed by atoms with Gasteiger partial charge in [0.2, 0.25) is 17.6 Å². The second kappa shape index (κ2) is 8.55. The van der Waals surface area contributed by atoms with Crippen LogP contribution >= 0.6 is 11.3 Å². The number of aromatic nitrogens is 4. The summed E-state index contributed by atoms with van der Waals surface area (Å²) in [5.41, 5.74) is 6.13. The van der Waals surface area contributed by atoms with Gasteiger partial charge >= 0.3 is 0 Å². The van der Waals surface area contributed by atoms with Crippen LogP contribution in [0.25, 0.3) is 16.0 Å². The summed E-state index contributed by atoms with van der Waals surface area (Å²) in [6.07, 6.45) is 3.84. The fourth-order valence-electron chi connectivity index (χ4n) is 4.05. The summed E-state index contributed by atoms with van der Waals surface area (Å²) in [4.78, 5) is 38.7. The van der Waals surface area contributed by atoms with Crippen molar-refractivity contribution in [3.8, 4) is 0 Å². The molecular weight excluding hydrogens is 404 g/mol. The van der Waals surface area contributed by atoms with Crippen LogP contribution in [0.1, 0.15) is 44.9 Å². The van der Waals surface area contributed by atoms with Gasteiger partial charge in [-0.05, 0) is 30.7 Å². The Labute approximate surface area is 177 Å². The standard InChI is InChI=1S/C20H26N6O3S/c1-2-3-9-25-19(29)17-14(8-12-30-17)26-15(22-23-20(25)26)4-5-16(27)24-10-6-13(7-11-24)18(21)28/h8,12-13H,2-7,9-11H2,1H3,(H2,21,28). The van der Waals surface area contributed by atoms with Crippen LogP contribution in [0, 0.1) is 5.92 Å². The molecule has 0 atom stereocenters. The highest BCUT2D eigenvalue weighted by atomic mass is 32.1. The molecule has 2 N–H and O–H groups in total. The Balaban J connectivity index is 1.55. The maximum Gasteiger partial charge on any atom is 0.272 e. The maximum atomic E-state index is 12.9. The summed E-state index contributed by atoms with van der Waals surface area (Å²) < 4.78 is 4.28. The third-order valence-electron chi connectivity index (χ3n) is 5.83. The van der Waals surface area contributed by atoms with Crippen molar-refractivity contribution in [2.45, 2.75) is 52.0 Å². The van der Waals surface area contributed by atoms with Crippen LogP contribution in [0.5, 0.6) is 0 Å². The van der Waals surface area contributed by atoms with Crippen LogP contribution in [0.4, 0.5) is 0 Å². The second-order valence-corrected chi connectivity index (χ2v) is 8.67. The van der Waals surface area contributed by atoms with Gasteiger partial charge in [0.05, 0.1) is 5.52 Å².